The number of halogens is 1. The second-order valence-corrected chi connectivity index (χ2v) is 7.99. The highest BCUT2D eigenvalue weighted by molar-refractivity contribution is 7.99. The van der Waals surface area contributed by atoms with Gasteiger partial charge >= 0.3 is 0 Å². The van der Waals surface area contributed by atoms with Crippen LogP contribution in [0.2, 0.25) is 5.02 Å². The highest BCUT2D eigenvalue weighted by Crippen LogP contribution is 2.26. The number of thioether (sulfide) groups is 1. The minimum atomic E-state index is -0.207. The highest BCUT2D eigenvalue weighted by atomic mass is 35.5. The van der Waals surface area contributed by atoms with Crippen molar-refractivity contribution in [2.45, 2.75) is 5.75 Å². The molecule has 4 nitrogen and oxygen atoms in total. The van der Waals surface area contributed by atoms with Gasteiger partial charge in [-0.05, 0) is 35.2 Å². The van der Waals surface area contributed by atoms with E-state index in [2.05, 4.69) is 10.6 Å². The molecule has 0 unspecified atom stereocenters. The standard InChI is InChI=1S/C20H17ClN2O2S2/c21-16-11-15(8-9-17(16)23-20(25)18-7-4-10-27-18)22-19(24)13-26-12-14-5-2-1-3-6-14/h1-11H,12-13H2,(H,22,24)(H,23,25). The number of anilines is 2. The van der Waals surface area contributed by atoms with E-state index in [0.717, 1.165) is 5.75 Å². The summed E-state index contributed by atoms with van der Waals surface area (Å²) in [6, 6.07) is 18.6. The van der Waals surface area contributed by atoms with Crippen LogP contribution < -0.4 is 10.6 Å². The first kappa shape index (κ1) is 19.5. The predicted octanol–water partition coefficient (Wildman–Crippen LogP) is 5.53. The first-order chi connectivity index (χ1) is 13.1. The molecule has 0 saturated carbocycles. The molecule has 0 spiro atoms. The van der Waals surface area contributed by atoms with Crippen molar-refractivity contribution in [1.29, 1.82) is 0 Å². The number of hydrogen-bond acceptors (Lipinski definition) is 4. The Labute approximate surface area is 170 Å². The van der Waals surface area contributed by atoms with Gasteiger partial charge in [0.25, 0.3) is 5.91 Å². The number of carbonyl (C=O) groups excluding carboxylic acids is 2. The summed E-state index contributed by atoms with van der Waals surface area (Å²) >= 11 is 9.14. The molecular weight excluding hydrogens is 400 g/mol. The van der Waals surface area contributed by atoms with Crippen LogP contribution in [-0.4, -0.2) is 17.6 Å². The van der Waals surface area contributed by atoms with Gasteiger partial charge in [-0.15, -0.1) is 23.1 Å². The van der Waals surface area contributed by atoms with E-state index < -0.39 is 0 Å². The van der Waals surface area contributed by atoms with Crippen LogP contribution in [0.3, 0.4) is 0 Å². The van der Waals surface area contributed by atoms with E-state index in [-0.39, 0.29) is 11.8 Å². The molecule has 138 valence electrons. The Bertz CT molecular complexity index is 915. The monoisotopic (exact) mass is 416 g/mol. The largest absolute Gasteiger partial charge is 0.325 e. The molecule has 0 aliphatic carbocycles. The molecule has 27 heavy (non-hydrogen) atoms. The highest BCUT2D eigenvalue weighted by Gasteiger charge is 2.11. The molecule has 2 N–H and O–H groups in total. The summed E-state index contributed by atoms with van der Waals surface area (Å²) in [5.74, 6) is 0.829. The van der Waals surface area contributed by atoms with Crippen LogP contribution in [0, 0.1) is 0 Å². The van der Waals surface area contributed by atoms with Crippen molar-refractivity contribution in [2.75, 3.05) is 16.4 Å². The fraction of sp³-hybridized carbons (Fsp3) is 0.100. The van der Waals surface area contributed by atoms with Crippen molar-refractivity contribution in [3.8, 4) is 0 Å². The van der Waals surface area contributed by atoms with Gasteiger partial charge in [0.1, 0.15) is 0 Å². The number of rotatable bonds is 7. The lowest BCUT2D eigenvalue weighted by atomic mass is 10.2. The lowest BCUT2D eigenvalue weighted by Gasteiger charge is -2.10. The van der Waals surface area contributed by atoms with Gasteiger partial charge in [0.2, 0.25) is 5.91 Å². The number of carbonyl (C=O) groups is 2. The van der Waals surface area contributed by atoms with Crippen LogP contribution >= 0.6 is 34.7 Å². The third-order valence-corrected chi connectivity index (χ3v) is 5.78. The maximum Gasteiger partial charge on any atom is 0.265 e. The molecule has 3 rings (SSSR count). The van der Waals surface area contributed by atoms with E-state index >= 15 is 0 Å². The summed E-state index contributed by atoms with van der Waals surface area (Å²) < 4.78 is 0. The SMILES string of the molecule is O=C(CSCc1ccccc1)Nc1ccc(NC(=O)c2cccs2)c(Cl)c1. The maximum absolute atomic E-state index is 12.1. The molecule has 7 heteroatoms. The van der Waals surface area contributed by atoms with Gasteiger partial charge in [0.05, 0.1) is 21.3 Å². The first-order valence-corrected chi connectivity index (χ1v) is 10.6. The van der Waals surface area contributed by atoms with E-state index in [1.807, 2.05) is 41.8 Å². The van der Waals surface area contributed by atoms with E-state index in [1.54, 1.807) is 36.0 Å². The number of thiophene rings is 1. The van der Waals surface area contributed by atoms with Gasteiger partial charge in [-0.2, -0.15) is 0 Å². The average molecular weight is 417 g/mol. The molecule has 0 atom stereocenters. The van der Waals surface area contributed by atoms with E-state index in [1.165, 1.54) is 16.9 Å². The molecular formula is C20H17ClN2O2S2. The molecule has 2 amide bonds. The fourth-order valence-corrected chi connectivity index (χ4v) is 3.95. The fourth-order valence-electron chi connectivity index (χ4n) is 2.32. The van der Waals surface area contributed by atoms with Crippen molar-refractivity contribution in [3.05, 3.63) is 81.5 Å². The lowest BCUT2D eigenvalue weighted by Crippen LogP contribution is -2.14. The Morgan fingerprint density at radius 3 is 2.52 bits per heavy atom. The molecule has 2 aromatic carbocycles. The molecule has 0 aliphatic rings. The van der Waals surface area contributed by atoms with Crippen molar-refractivity contribution in [1.82, 2.24) is 0 Å². The minimum Gasteiger partial charge on any atom is -0.325 e. The zero-order valence-electron chi connectivity index (χ0n) is 14.3. The first-order valence-electron chi connectivity index (χ1n) is 8.18. The lowest BCUT2D eigenvalue weighted by molar-refractivity contribution is -0.113. The Hall–Kier alpha value is -2.28. The van der Waals surface area contributed by atoms with Crippen molar-refractivity contribution in [2.24, 2.45) is 0 Å². The zero-order chi connectivity index (χ0) is 19.1. The van der Waals surface area contributed by atoms with Gasteiger partial charge in [-0.3, -0.25) is 9.59 Å². The van der Waals surface area contributed by atoms with Crippen LogP contribution in [0.1, 0.15) is 15.2 Å². The van der Waals surface area contributed by atoms with Gasteiger partial charge in [0.15, 0.2) is 0 Å². The second kappa shape index (κ2) is 9.60. The Morgan fingerprint density at radius 2 is 1.81 bits per heavy atom. The van der Waals surface area contributed by atoms with Crippen LogP contribution in [0.5, 0.6) is 0 Å². The minimum absolute atomic E-state index is 0.0950. The second-order valence-electron chi connectivity index (χ2n) is 5.65. The molecule has 1 heterocycles. The molecule has 0 fully saturated rings. The van der Waals surface area contributed by atoms with Gasteiger partial charge in [0, 0.05) is 11.4 Å². The average Bonchev–Trinajstić information content (AvgIpc) is 3.20. The Kier molecular flexibility index (Phi) is 6.92. The topological polar surface area (TPSA) is 58.2 Å². The van der Waals surface area contributed by atoms with E-state index in [0.29, 0.717) is 27.0 Å². The van der Waals surface area contributed by atoms with Crippen LogP contribution in [0.25, 0.3) is 0 Å². The predicted molar refractivity (Wildman–Crippen MR) is 115 cm³/mol. The maximum atomic E-state index is 12.1. The Balaban J connectivity index is 1.51. The summed E-state index contributed by atoms with van der Waals surface area (Å²) in [6.07, 6.45) is 0. The van der Waals surface area contributed by atoms with E-state index in [9.17, 15) is 9.59 Å². The number of amides is 2. The normalized spacial score (nSPS) is 10.4. The van der Waals surface area contributed by atoms with Gasteiger partial charge in [-0.25, -0.2) is 0 Å². The molecule has 0 aliphatic heterocycles. The molecule has 1 aromatic heterocycles. The van der Waals surface area contributed by atoms with Gasteiger partial charge < -0.3 is 10.6 Å². The Morgan fingerprint density at radius 1 is 1.00 bits per heavy atom. The summed E-state index contributed by atoms with van der Waals surface area (Å²) in [5, 5.41) is 7.80. The van der Waals surface area contributed by atoms with Crippen LogP contribution in [0.4, 0.5) is 11.4 Å². The smallest absolute Gasteiger partial charge is 0.265 e. The van der Waals surface area contributed by atoms with Crippen molar-refractivity contribution in [3.63, 3.8) is 0 Å². The quantitative estimate of drug-likeness (QED) is 0.532. The number of benzene rings is 2. The summed E-state index contributed by atoms with van der Waals surface area (Å²) in [6.45, 7) is 0. The summed E-state index contributed by atoms with van der Waals surface area (Å²) in [5.41, 5.74) is 2.29. The molecule has 0 bridgehead atoms. The van der Waals surface area contributed by atoms with Crippen LogP contribution in [0.15, 0.2) is 66.0 Å². The number of nitrogens with one attached hydrogen (secondary N) is 2. The molecule has 3 aromatic rings. The third-order valence-electron chi connectivity index (χ3n) is 3.59. The summed E-state index contributed by atoms with van der Waals surface area (Å²) in [4.78, 5) is 24.8. The van der Waals surface area contributed by atoms with E-state index in [4.69, 9.17) is 11.6 Å². The van der Waals surface area contributed by atoms with Crippen molar-refractivity contribution < 1.29 is 9.59 Å². The molecule has 0 saturated heterocycles. The third kappa shape index (κ3) is 5.85. The van der Waals surface area contributed by atoms with Gasteiger partial charge in [-0.1, -0.05) is 48.0 Å². The summed E-state index contributed by atoms with van der Waals surface area (Å²) in [7, 11) is 0. The zero-order valence-corrected chi connectivity index (χ0v) is 16.7. The number of hydrogen-bond donors (Lipinski definition) is 2. The van der Waals surface area contributed by atoms with Crippen LogP contribution in [-0.2, 0) is 10.5 Å². The molecule has 0 radical (unpaired) electrons. The van der Waals surface area contributed by atoms with Crippen molar-refractivity contribution >= 4 is 57.9 Å².